The molecule has 9 nitrogen and oxygen atoms in total. The molecule has 1 aliphatic carbocycles. The fourth-order valence-corrected chi connectivity index (χ4v) is 5.76. The number of alkyl carbamates (subject to hydrolysis) is 1. The van der Waals surface area contributed by atoms with Crippen LogP contribution in [0.25, 0.3) is 0 Å². The zero-order valence-electron chi connectivity index (χ0n) is 20.6. The zero-order chi connectivity index (χ0) is 24.9. The number of fused-ring (bicyclic) bond motifs is 2. The number of benzene rings is 1. The quantitative estimate of drug-likeness (QED) is 0.678. The molecule has 0 bridgehead atoms. The molecule has 6 atom stereocenters. The molecule has 1 saturated carbocycles. The van der Waals surface area contributed by atoms with Crippen LogP contribution in [0.1, 0.15) is 51.6 Å². The number of hydrogen-bond donors (Lipinski definition) is 2. The minimum Gasteiger partial charge on any atom is -0.508 e. The topological polar surface area (TPSA) is 108 Å². The number of aromatic hydroxyl groups is 1. The standard InChI is InChI=1S/C26H35N3O6/c1-26(2,3)35-25(33)27-22(15-4-6-19(30)7-5-15)24(32)29-14-18(11-21-20(29)8-9-34-21)23(31)28-12-16-10-17(16)13-28/h4-7,16-18,20-22,30H,8-14H2,1-3H3,(H,27,33)/t16-,17+,18-,20-,21-,22?/m0/s1. The van der Waals surface area contributed by atoms with E-state index in [0.29, 0.717) is 43.4 Å². The van der Waals surface area contributed by atoms with Gasteiger partial charge in [-0.25, -0.2) is 4.79 Å². The molecule has 2 N–H and O–H groups in total. The van der Waals surface area contributed by atoms with E-state index in [9.17, 15) is 19.5 Å². The smallest absolute Gasteiger partial charge is 0.408 e. The third-order valence-corrected chi connectivity index (χ3v) is 7.57. The molecule has 4 aliphatic rings. The molecule has 1 aromatic rings. The van der Waals surface area contributed by atoms with Crippen molar-refractivity contribution in [1.29, 1.82) is 0 Å². The molecular weight excluding hydrogens is 450 g/mol. The first-order valence-electron chi connectivity index (χ1n) is 12.6. The number of hydrogen-bond acceptors (Lipinski definition) is 6. The van der Waals surface area contributed by atoms with Crippen LogP contribution in [0.15, 0.2) is 24.3 Å². The highest BCUT2D eigenvalue weighted by Crippen LogP contribution is 2.46. The Morgan fingerprint density at radius 3 is 2.43 bits per heavy atom. The van der Waals surface area contributed by atoms with E-state index < -0.39 is 17.7 Å². The summed E-state index contributed by atoms with van der Waals surface area (Å²) in [4.78, 5) is 43.7. The first-order chi connectivity index (χ1) is 16.6. The van der Waals surface area contributed by atoms with Gasteiger partial charge in [-0.15, -0.1) is 0 Å². The van der Waals surface area contributed by atoms with Gasteiger partial charge in [-0.3, -0.25) is 9.59 Å². The molecular formula is C26H35N3O6. The number of nitrogens with zero attached hydrogens (tertiary/aromatic N) is 2. The Bertz CT molecular complexity index is 980. The number of amides is 3. The Morgan fingerprint density at radius 1 is 1.09 bits per heavy atom. The maximum absolute atomic E-state index is 14.0. The summed E-state index contributed by atoms with van der Waals surface area (Å²) in [6, 6.07) is 5.03. The lowest BCUT2D eigenvalue weighted by Crippen LogP contribution is -2.57. The second kappa shape index (κ2) is 9.00. The molecule has 1 unspecified atom stereocenters. The molecule has 0 radical (unpaired) electrons. The predicted molar refractivity (Wildman–Crippen MR) is 126 cm³/mol. The Labute approximate surface area is 205 Å². The van der Waals surface area contributed by atoms with Crippen molar-refractivity contribution in [2.45, 2.75) is 63.8 Å². The minimum absolute atomic E-state index is 0.0637. The Morgan fingerprint density at radius 2 is 1.77 bits per heavy atom. The number of likely N-dealkylation sites (tertiary alicyclic amines) is 2. The van der Waals surface area contributed by atoms with Crippen LogP contribution in [0.2, 0.25) is 0 Å². The average Bonchev–Trinajstić information content (AvgIpc) is 3.18. The van der Waals surface area contributed by atoms with Crippen molar-refractivity contribution in [2.75, 3.05) is 26.2 Å². The summed E-state index contributed by atoms with van der Waals surface area (Å²) in [5, 5.41) is 12.5. The Balaban J connectivity index is 1.38. The van der Waals surface area contributed by atoms with Gasteiger partial charge in [0.2, 0.25) is 11.8 Å². The number of phenols is 1. The van der Waals surface area contributed by atoms with Crippen LogP contribution in [0.4, 0.5) is 4.79 Å². The van der Waals surface area contributed by atoms with Gasteiger partial charge < -0.3 is 29.7 Å². The summed E-state index contributed by atoms with van der Waals surface area (Å²) in [6.07, 6.45) is 1.63. The summed E-state index contributed by atoms with van der Waals surface area (Å²) in [6.45, 7) is 7.75. The number of carbonyl (C=O) groups excluding carboxylic acids is 3. The first kappa shape index (κ1) is 23.9. The molecule has 3 heterocycles. The normalized spacial score (nSPS) is 30.3. The van der Waals surface area contributed by atoms with Gasteiger partial charge in [-0.2, -0.15) is 0 Å². The van der Waals surface area contributed by atoms with Gasteiger partial charge in [0.05, 0.1) is 18.1 Å². The van der Waals surface area contributed by atoms with Crippen LogP contribution in [-0.4, -0.2) is 76.8 Å². The van der Waals surface area contributed by atoms with Crippen molar-refractivity contribution in [3.63, 3.8) is 0 Å². The molecule has 4 fully saturated rings. The zero-order valence-corrected chi connectivity index (χ0v) is 20.6. The highest BCUT2D eigenvalue weighted by atomic mass is 16.6. The predicted octanol–water partition coefficient (Wildman–Crippen LogP) is 2.44. The van der Waals surface area contributed by atoms with Crippen LogP contribution >= 0.6 is 0 Å². The first-order valence-corrected chi connectivity index (χ1v) is 12.6. The van der Waals surface area contributed by atoms with E-state index in [1.807, 2.05) is 4.90 Å². The Kier molecular flexibility index (Phi) is 6.15. The number of ether oxygens (including phenoxy) is 2. The molecule has 3 saturated heterocycles. The third-order valence-electron chi connectivity index (χ3n) is 7.57. The summed E-state index contributed by atoms with van der Waals surface area (Å²) in [7, 11) is 0. The van der Waals surface area contributed by atoms with E-state index in [-0.39, 0.29) is 35.6 Å². The number of piperidine rings is 2. The monoisotopic (exact) mass is 485 g/mol. The van der Waals surface area contributed by atoms with Gasteiger partial charge in [0, 0.05) is 26.2 Å². The largest absolute Gasteiger partial charge is 0.508 e. The summed E-state index contributed by atoms with van der Waals surface area (Å²) < 4.78 is 11.4. The van der Waals surface area contributed by atoms with Crippen LogP contribution < -0.4 is 5.32 Å². The average molecular weight is 486 g/mol. The van der Waals surface area contributed by atoms with Gasteiger partial charge in [-0.05, 0) is 69.6 Å². The molecule has 35 heavy (non-hydrogen) atoms. The van der Waals surface area contributed by atoms with Crippen LogP contribution in [0.3, 0.4) is 0 Å². The molecule has 5 rings (SSSR count). The molecule has 1 aromatic carbocycles. The molecule has 190 valence electrons. The van der Waals surface area contributed by atoms with Crippen molar-refractivity contribution in [1.82, 2.24) is 15.1 Å². The SMILES string of the molecule is CC(C)(C)OC(=O)NC(C(=O)N1C[C@@H](C(=O)N2C[C@H]3C[C@H]3C2)C[C@@H]2OCC[C@@H]21)c1ccc(O)cc1. The van der Waals surface area contributed by atoms with E-state index in [0.717, 1.165) is 13.1 Å². The highest BCUT2D eigenvalue weighted by molar-refractivity contribution is 5.88. The number of phenolic OH excluding ortho intramolecular Hbond substituents is 1. The third kappa shape index (κ3) is 5.10. The van der Waals surface area contributed by atoms with Crippen LogP contribution in [0, 0.1) is 17.8 Å². The van der Waals surface area contributed by atoms with Crippen molar-refractivity contribution in [3.8, 4) is 5.75 Å². The second-order valence-corrected chi connectivity index (χ2v) is 11.4. The van der Waals surface area contributed by atoms with Crippen molar-refractivity contribution >= 4 is 17.9 Å². The molecule has 3 amide bonds. The summed E-state index contributed by atoms with van der Waals surface area (Å²) >= 11 is 0. The van der Waals surface area contributed by atoms with E-state index in [1.165, 1.54) is 18.6 Å². The molecule has 0 aromatic heterocycles. The Hall–Kier alpha value is -2.81. The van der Waals surface area contributed by atoms with E-state index >= 15 is 0 Å². The number of rotatable bonds is 4. The molecule has 9 heteroatoms. The maximum Gasteiger partial charge on any atom is 0.408 e. The summed E-state index contributed by atoms with van der Waals surface area (Å²) in [5.74, 6) is 0.834. The van der Waals surface area contributed by atoms with Gasteiger partial charge in [-0.1, -0.05) is 12.1 Å². The fourth-order valence-electron chi connectivity index (χ4n) is 5.76. The minimum atomic E-state index is -1.01. The van der Waals surface area contributed by atoms with Crippen molar-refractivity contribution < 1.29 is 29.0 Å². The summed E-state index contributed by atoms with van der Waals surface area (Å²) in [5.41, 5.74) is -0.196. The lowest BCUT2D eigenvalue weighted by molar-refractivity contribution is -0.147. The van der Waals surface area contributed by atoms with Crippen LogP contribution in [-0.2, 0) is 19.1 Å². The van der Waals surface area contributed by atoms with Crippen LogP contribution in [0.5, 0.6) is 5.75 Å². The lowest BCUT2D eigenvalue weighted by atomic mass is 9.88. The van der Waals surface area contributed by atoms with Gasteiger partial charge in [0.15, 0.2) is 0 Å². The molecule has 0 spiro atoms. The van der Waals surface area contributed by atoms with E-state index in [1.54, 1.807) is 37.8 Å². The highest BCUT2D eigenvalue weighted by Gasteiger charge is 2.50. The fraction of sp³-hybridized carbons (Fsp3) is 0.654. The van der Waals surface area contributed by atoms with Crippen molar-refractivity contribution in [2.24, 2.45) is 17.8 Å². The van der Waals surface area contributed by atoms with E-state index in [4.69, 9.17) is 9.47 Å². The van der Waals surface area contributed by atoms with Gasteiger partial charge in [0.1, 0.15) is 17.4 Å². The van der Waals surface area contributed by atoms with E-state index in [2.05, 4.69) is 5.32 Å². The lowest BCUT2D eigenvalue weighted by Gasteiger charge is -2.42. The van der Waals surface area contributed by atoms with Gasteiger partial charge >= 0.3 is 6.09 Å². The maximum atomic E-state index is 14.0. The second-order valence-electron chi connectivity index (χ2n) is 11.4. The van der Waals surface area contributed by atoms with Crippen molar-refractivity contribution in [3.05, 3.63) is 29.8 Å². The molecule has 3 aliphatic heterocycles. The number of carbonyl (C=O) groups is 3. The number of nitrogens with one attached hydrogen (secondary N) is 1. The van der Waals surface area contributed by atoms with Gasteiger partial charge in [0.25, 0.3) is 0 Å².